The minimum atomic E-state index is -0.275. The van der Waals surface area contributed by atoms with Gasteiger partial charge in [-0.3, -0.25) is 4.79 Å². The molecule has 1 aromatic carbocycles. The van der Waals surface area contributed by atoms with Gasteiger partial charge in [0.1, 0.15) is 17.3 Å². The van der Waals surface area contributed by atoms with Gasteiger partial charge < -0.3 is 19.3 Å². The molecule has 1 amide bonds. The van der Waals surface area contributed by atoms with E-state index in [-0.39, 0.29) is 12.0 Å². The molecule has 4 heterocycles. The molecule has 182 valence electrons. The summed E-state index contributed by atoms with van der Waals surface area (Å²) in [5.41, 5.74) is 2.35. The number of hydrogen-bond acceptors (Lipinski definition) is 8. The van der Waals surface area contributed by atoms with Gasteiger partial charge in [0.25, 0.3) is 5.91 Å². The molecule has 1 fully saturated rings. The van der Waals surface area contributed by atoms with Crippen LogP contribution in [0.15, 0.2) is 57.4 Å². The summed E-state index contributed by atoms with van der Waals surface area (Å²) in [7, 11) is 0. The van der Waals surface area contributed by atoms with E-state index in [9.17, 15) is 9.90 Å². The lowest BCUT2D eigenvalue weighted by molar-refractivity contribution is 0.0712. The van der Waals surface area contributed by atoms with E-state index in [2.05, 4.69) is 40.4 Å². The summed E-state index contributed by atoms with van der Waals surface area (Å²) >= 11 is 3.16. The van der Waals surface area contributed by atoms with Crippen molar-refractivity contribution in [3.05, 3.63) is 70.1 Å². The number of aliphatic hydroxyl groups excluding tert-OH is 1. The minimum Gasteiger partial charge on any atom is -0.467 e. The van der Waals surface area contributed by atoms with Crippen LogP contribution in [0.4, 0.5) is 5.82 Å². The van der Waals surface area contributed by atoms with E-state index in [1.54, 1.807) is 22.9 Å². The Balaban J connectivity index is 1.55. The van der Waals surface area contributed by atoms with Crippen molar-refractivity contribution < 1.29 is 14.3 Å². The molecule has 1 N–H and O–H groups in total. The number of rotatable bonds is 7. The molecule has 4 aromatic rings. The molecule has 3 aromatic heterocycles. The van der Waals surface area contributed by atoms with E-state index in [0.29, 0.717) is 37.4 Å². The summed E-state index contributed by atoms with van der Waals surface area (Å²) in [6.07, 6.45) is 4.81. The number of aromatic nitrogens is 2. The number of furan rings is 1. The van der Waals surface area contributed by atoms with Gasteiger partial charge in [-0.25, -0.2) is 9.97 Å². The van der Waals surface area contributed by atoms with Crippen LogP contribution in [0.3, 0.4) is 0 Å². The monoisotopic (exact) mass is 508 g/mol. The van der Waals surface area contributed by atoms with Crippen LogP contribution >= 0.6 is 23.1 Å². The third-order valence-corrected chi connectivity index (χ3v) is 7.76. The van der Waals surface area contributed by atoms with E-state index in [1.807, 2.05) is 24.4 Å². The Hall–Kier alpha value is -2.88. The zero-order valence-electron chi connectivity index (χ0n) is 19.8. The topological polar surface area (TPSA) is 82.7 Å². The Bertz CT molecular complexity index is 1310. The van der Waals surface area contributed by atoms with Crippen molar-refractivity contribution in [3.8, 4) is 0 Å². The lowest BCUT2D eigenvalue weighted by atomic mass is 10.1. The Morgan fingerprint density at radius 3 is 2.74 bits per heavy atom. The van der Waals surface area contributed by atoms with E-state index in [4.69, 9.17) is 9.40 Å². The predicted octanol–water partition coefficient (Wildman–Crippen LogP) is 5.12. The first-order chi connectivity index (χ1) is 17.0. The first-order valence-corrected chi connectivity index (χ1v) is 13.7. The Morgan fingerprint density at radius 2 is 2.06 bits per heavy atom. The summed E-state index contributed by atoms with van der Waals surface area (Å²) in [5.74, 6) is 1.45. The van der Waals surface area contributed by atoms with Gasteiger partial charge >= 0.3 is 0 Å². The molecule has 1 saturated heterocycles. The second-order valence-electron chi connectivity index (χ2n) is 8.74. The summed E-state index contributed by atoms with van der Waals surface area (Å²) in [6.45, 7) is 4.07. The number of thioether (sulfide) groups is 1. The number of piperidine rings is 1. The predicted molar refractivity (Wildman–Crippen MR) is 140 cm³/mol. The molecule has 7 nitrogen and oxygen atoms in total. The number of carbonyl (C=O) groups excluding carboxylic acids is 1. The number of thiazole rings is 1. The standard InChI is InChI=1S/C26H28N4O3S2/c1-17-27-24(16-35-17)26(32)30(15-21-4-3-11-33-21)14-19-12-18-5-6-22(34-2)13-23(18)28-25(19)29-9-7-20(31)8-10-29/h3-6,11-13,16,20,31H,7-10,14-15H2,1-2H3. The van der Waals surface area contributed by atoms with Crippen molar-refractivity contribution in [3.63, 3.8) is 0 Å². The molecular formula is C26H28N4O3S2. The van der Waals surface area contributed by atoms with E-state index in [0.717, 1.165) is 45.3 Å². The number of fused-ring (bicyclic) bond motifs is 1. The maximum Gasteiger partial charge on any atom is 0.274 e. The van der Waals surface area contributed by atoms with Gasteiger partial charge in [0.15, 0.2) is 0 Å². The fourth-order valence-corrected chi connectivity index (χ4v) is 5.42. The van der Waals surface area contributed by atoms with Crippen LogP contribution in [0, 0.1) is 6.92 Å². The van der Waals surface area contributed by atoms with E-state index in [1.165, 1.54) is 11.3 Å². The zero-order chi connectivity index (χ0) is 24.4. The molecule has 35 heavy (non-hydrogen) atoms. The maximum absolute atomic E-state index is 13.5. The average Bonchev–Trinajstić information content (AvgIpc) is 3.55. The third-order valence-electron chi connectivity index (χ3n) is 6.26. The summed E-state index contributed by atoms with van der Waals surface area (Å²) in [5, 5.41) is 13.8. The zero-order valence-corrected chi connectivity index (χ0v) is 21.4. The first kappa shape index (κ1) is 23.8. The second kappa shape index (κ2) is 10.4. The van der Waals surface area contributed by atoms with Gasteiger partial charge in [-0.05, 0) is 56.4 Å². The average molecular weight is 509 g/mol. The normalized spacial score (nSPS) is 14.5. The molecule has 0 atom stereocenters. The fourth-order valence-electron chi connectivity index (χ4n) is 4.39. The molecule has 0 radical (unpaired) electrons. The van der Waals surface area contributed by atoms with Crippen LogP contribution in [0.1, 0.15) is 39.7 Å². The van der Waals surface area contributed by atoms with Crippen LogP contribution in [-0.2, 0) is 13.1 Å². The highest BCUT2D eigenvalue weighted by Gasteiger charge is 2.25. The molecule has 0 saturated carbocycles. The molecular weight excluding hydrogens is 480 g/mol. The quantitative estimate of drug-likeness (QED) is 0.347. The third kappa shape index (κ3) is 5.37. The van der Waals surface area contributed by atoms with E-state index >= 15 is 0 Å². The molecule has 1 aliphatic heterocycles. The van der Waals surface area contributed by atoms with Crippen LogP contribution in [-0.4, -0.2) is 51.3 Å². The number of carbonyl (C=O) groups is 1. The molecule has 9 heteroatoms. The maximum atomic E-state index is 13.5. The number of hydrogen-bond donors (Lipinski definition) is 1. The SMILES string of the molecule is CSc1ccc2cc(CN(Cc3ccco3)C(=O)c3csc(C)n3)c(N3CCC(O)CC3)nc2c1. The van der Waals surface area contributed by atoms with Crippen molar-refractivity contribution in [2.45, 2.75) is 43.9 Å². The Kier molecular flexibility index (Phi) is 7.08. The van der Waals surface area contributed by atoms with Gasteiger partial charge in [-0.2, -0.15) is 0 Å². The molecule has 0 unspecified atom stereocenters. The largest absolute Gasteiger partial charge is 0.467 e. The first-order valence-electron chi connectivity index (χ1n) is 11.6. The number of amides is 1. The minimum absolute atomic E-state index is 0.136. The summed E-state index contributed by atoms with van der Waals surface area (Å²) in [6, 6.07) is 12.1. The summed E-state index contributed by atoms with van der Waals surface area (Å²) in [4.78, 5) is 28.2. The second-order valence-corrected chi connectivity index (χ2v) is 10.7. The van der Waals surface area contributed by atoms with Gasteiger partial charge in [0.05, 0.1) is 36.0 Å². The van der Waals surface area contributed by atoms with Gasteiger partial charge in [-0.15, -0.1) is 23.1 Å². The molecule has 1 aliphatic rings. The highest BCUT2D eigenvalue weighted by atomic mass is 32.2. The molecule has 0 bridgehead atoms. The fraction of sp³-hybridized carbons (Fsp3) is 0.346. The van der Waals surface area contributed by atoms with E-state index < -0.39 is 0 Å². The van der Waals surface area contributed by atoms with Crippen molar-refractivity contribution in [2.75, 3.05) is 24.2 Å². The number of pyridine rings is 1. The van der Waals surface area contributed by atoms with Gasteiger partial charge in [0.2, 0.25) is 0 Å². The van der Waals surface area contributed by atoms with Crippen LogP contribution in [0.2, 0.25) is 0 Å². The molecule has 5 rings (SSSR count). The highest BCUT2D eigenvalue weighted by molar-refractivity contribution is 7.98. The van der Waals surface area contributed by atoms with Gasteiger partial charge in [0, 0.05) is 34.3 Å². The molecule has 0 aliphatic carbocycles. The lowest BCUT2D eigenvalue weighted by Gasteiger charge is -2.33. The van der Waals surface area contributed by atoms with Crippen molar-refractivity contribution >= 4 is 45.7 Å². The number of aliphatic hydroxyl groups is 1. The van der Waals surface area contributed by atoms with Crippen LogP contribution in [0.25, 0.3) is 10.9 Å². The number of nitrogens with zero attached hydrogens (tertiary/aromatic N) is 4. The van der Waals surface area contributed by atoms with Crippen LogP contribution < -0.4 is 4.90 Å². The highest BCUT2D eigenvalue weighted by Crippen LogP contribution is 2.30. The Morgan fingerprint density at radius 1 is 1.23 bits per heavy atom. The Labute approximate surface area is 212 Å². The number of aryl methyl sites for hydroxylation is 1. The van der Waals surface area contributed by atoms with Crippen molar-refractivity contribution in [1.82, 2.24) is 14.9 Å². The van der Waals surface area contributed by atoms with Crippen molar-refractivity contribution in [1.29, 1.82) is 0 Å². The number of benzene rings is 1. The molecule has 0 spiro atoms. The van der Waals surface area contributed by atoms with Gasteiger partial charge in [-0.1, -0.05) is 6.07 Å². The van der Waals surface area contributed by atoms with Crippen molar-refractivity contribution in [2.24, 2.45) is 0 Å². The number of anilines is 1. The lowest BCUT2D eigenvalue weighted by Crippen LogP contribution is -2.38. The summed E-state index contributed by atoms with van der Waals surface area (Å²) < 4.78 is 5.58. The smallest absolute Gasteiger partial charge is 0.274 e. The van der Waals surface area contributed by atoms with Crippen LogP contribution in [0.5, 0.6) is 0 Å².